The fraction of sp³-hybridized carbons (Fsp3) is 0.400. The molecule has 4 heteroatoms. The fourth-order valence-electron chi connectivity index (χ4n) is 4.09. The second-order valence-corrected chi connectivity index (χ2v) is 7.37. The average Bonchev–Trinajstić information content (AvgIpc) is 3.03. The molecule has 2 aliphatic rings. The number of aromatic nitrogens is 2. The summed E-state index contributed by atoms with van der Waals surface area (Å²) in [6.45, 7) is 0. The number of benzene rings is 2. The normalized spacial score (nSPS) is 25.2. The summed E-state index contributed by atoms with van der Waals surface area (Å²) in [6, 6.07) is 15.2. The summed E-state index contributed by atoms with van der Waals surface area (Å²) in [5.41, 5.74) is 7.43. The minimum atomic E-state index is -0.366. The van der Waals surface area contributed by atoms with Gasteiger partial charge in [-0.05, 0) is 41.5 Å². The molecule has 0 spiro atoms. The van der Waals surface area contributed by atoms with E-state index in [-0.39, 0.29) is 5.54 Å². The van der Waals surface area contributed by atoms with Crippen LogP contribution in [0.2, 0.25) is 0 Å². The van der Waals surface area contributed by atoms with E-state index in [4.69, 9.17) is 10.3 Å². The van der Waals surface area contributed by atoms with Gasteiger partial charge in [-0.2, -0.15) is 4.98 Å². The first kappa shape index (κ1) is 14.2. The molecule has 4 nitrogen and oxygen atoms in total. The Balaban J connectivity index is 1.39. The molecule has 0 saturated heterocycles. The van der Waals surface area contributed by atoms with E-state index in [0.717, 1.165) is 38.0 Å². The maximum absolute atomic E-state index is 6.44. The van der Waals surface area contributed by atoms with E-state index in [1.807, 2.05) is 0 Å². The van der Waals surface area contributed by atoms with Gasteiger partial charge in [-0.15, -0.1) is 0 Å². The predicted octanol–water partition coefficient (Wildman–Crippen LogP) is 4.22. The Kier molecular flexibility index (Phi) is 3.04. The molecule has 2 saturated carbocycles. The molecule has 5 rings (SSSR count). The molecule has 0 amide bonds. The molecule has 0 aliphatic heterocycles. The first-order valence-corrected chi connectivity index (χ1v) is 8.85. The summed E-state index contributed by atoms with van der Waals surface area (Å²) in [7, 11) is 0. The van der Waals surface area contributed by atoms with E-state index >= 15 is 0 Å². The highest BCUT2D eigenvalue weighted by Crippen LogP contribution is 2.54. The van der Waals surface area contributed by atoms with Crippen molar-refractivity contribution >= 4 is 10.8 Å². The maximum Gasteiger partial charge on any atom is 0.230 e. The van der Waals surface area contributed by atoms with E-state index in [0.29, 0.717) is 17.7 Å². The van der Waals surface area contributed by atoms with Crippen molar-refractivity contribution < 1.29 is 4.52 Å². The van der Waals surface area contributed by atoms with Crippen molar-refractivity contribution in [1.29, 1.82) is 0 Å². The van der Waals surface area contributed by atoms with Crippen LogP contribution in [0.5, 0.6) is 0 Å². The zero-order valence-electron chi connectivity index (χ0n) is 13.6. The molecule has 0 bridgehead atoms. The summed E-state index contributed by atoms with van der Waals surface area (Å²) < 4.78 is 5.56. The standard InChI is InChI=1S/C20H21N3O/c21-20(9-3-4-10-20)19-22-18(24-23-19)17-12-16(17)15-8-7-13-5-1-2-6-14(13)11-15/h1-2,5-8,11,16-17H,3-4,9-10,12,21H2. The van der Waals surface area contributed by atoms with E-state index in [9.17, 15) is 0 Å². The van der Waals surface area contributed by atoms with Gasteiger partial charge < -0.3 is 10.3 Å². The highest BCUT2D eigenvalue weighted by atomic mass is 16.5. The topological polar surface area (TPSA) is 64.9 Å². The molecule has 24 heavy (non-hydrogen) atoms. The molecule has 1 aromatic heterocycles. The predicted molar refractivity (Wildman–Crippen MR) is 92.7 cm³/mol. The molecule has 2 unspecified atom stereocenters. The largest absolute Gasteiger partial charge is 0.339 e. The summed E-state index contributed by atoms with van der Waals surface area (Å²) in [5, 5.41) is 6.77. The lowest BCUT2D eigenvalue weighted by Crippen LogP contribution is -2.34. The van der Waals surface area contributed by atoms with Gasteiger partial charge in [-0.25, -0.2) is 0 Å². The van der Waals surface area contributed by atoms with Crippen LogP contribution in [-0.4, -0.2) is 10.1 Å². The quantitative estimate of drug-likeness (QED) is 0.785. The van der Waals surface area contributed by atoms with Crippen LogP contribution in [0, 0.1) is 0 Å². The number of hydrogen-bond donors (Lipinski definition) is 1. The SMILES string of the molecule is NC1(c2noc(C3CC3c3ccc4ccccc4c3)n2)CCCC1. The molecule has 2 N–H and O–H groups in total. The van der Waals surface area contributed by atoms with Gasteiger partial charge in [0.05, 0.1) is 5.54 Å². The number of rotatable bonds is 3. The van der Waals surface area contributed by atoms with E-state index in [1.165, 1.54) is 16.3 Å². The van der Waals surface area contributed by atoms with Crippen molar-refractivity contribution in [3.63, 3.8) is 0 Å². The van der Waals surface area contributed by atoms with Gasteiger partial charge in [0.1, 0.15) is 0 Å². The van der Waals surface area contributed by atoms with Crippen molar-refractivity contribution in [2.24, 2.45) is 5.73 Å². The summed E-state index contributed by atoms with van der Waals surface area (Å²) in [6.07, 6.45) is 5.32. The Morgan fingerprint density at radius 3 is 2.62 bits per heavy atom. The molecule has 2 fully saturated rings. The Hall–Kier alpha value is -2.20. The van der Waals surface area contributed by atoms with Crippen LogP contribution in [0.15, 0.2) is 47.0 Å². The molecule has 3 aromatic rings. The van der Waals surface area contributed by atoms with Crippen LogP contribution in [0.1, 0.15) is 61.2 Å². The molecule has 0 radical (unpaired) electrons. The zero-order valence-corrected chi connectivity index (χ0v) is 13.6. The first-order chi connectivity index (χ1) is 11.7. The minimum Gasteiger partial charge on any atom is -0.339 e. The molecular weight excluding hydrogens is 298 g/mol. The van der Waals surface area contributed by atoms with Gasteiger partial charge in [0, 0.05) is 5.92 Å². The van der Waals surface area contributed by atoms with Gasteiger partial charge in [0.15, 0.2) is 5.82 Å². The van der Waals surface area contributed by atoms with E-state index < -0.39 is 0 Å². The average molecular weight is 319 g/mol. The smallest absolute Gasteiger partial charge is 0.230 e. The Labute approximate surface area is 141 Å². The first-order valence-electron chi connectivity index (χ1n) is 8.85. The van der Waals surface area contributed by atoms with Crippen molar-refractivity contribution in [2.75, 3.05) is 0 Å². The van der Waals surface area contributed by atoms with Gasteiger partial charge in [-0.1, -0.05) is 60.5 Å². The minimum absolute atomic E-state index is 0.345. The third-order valence-electron chi connectivity index (χ3n) is 5.69. The molecule has 122 valence electrons. The van der Waals surface area contributed by atoms with Gasteiger partial charge in [-0.3, -0.25) is 0 Å². The summed E-state index contributed by atoms with van der Waals surface area (Å²) in [5.74, 6) is 2.30. The van der Waals surface area contributed by atoms with Gasteiger partial charge in [0.2, 0.25) is 5.89 Å². The lowest BCUT2D eigenvalue weighted by atomic mass is 9.98. The van der Waals surface area contributed by atoms with Gasteiger partial charge >= 0.3 is 0 Å². The second kappa shape index (κ2) is 5.15. The Morgan fingerprint density at radius 1 is 1.00 bits per heavy atom. The Bertz CT molecular complexity index is 895. The van der Waals surface area contributed by atoms with E-state index in [2.05, 4.69) is 52.6 Å². The van der Waals surface area contributed by atoms with Crippen LogP contribution in [0.25, 0.3) is 10.8 Å². The molecule has 2 aliphatic carbocycles. The second-order valence-electron chi connectivity index (χ2n) is 7.37. The number of nitrogens with zero attached hydrogens (tertiary/aromatic N) is 2. The van der Waals surface area contributed by atoms with Crippen LogP contribution < -0.4 is 5.73 Å². The summed E-state index contributed by atoms with van der Waals surface area (Å²) >= 11 is 0. The third-order valence-corrected chi connectivity index (χ3v) is 5.69. The molecular formula is C20H21N3O. The van der Waals surface area contributed by atoms with Crippen LogP contribution in [0.4, 0.5) is 0 Å². The number of hydrogen-bond acceptors (Lipinski definition) is 4. The molecule has 2 aromatic carbocycles. The van der Waals surface area contributed by atoms with Gasteiger partial charge in [0.25, 0.3) is 0 Å². The van der Waals surface area contributed by atoms with Crippen LogP contribution >= 0.6 is 0 Å². The highest BCUT2D eigenvalue weighted by Gasteiger charge is 2.45. The molecule has 1 heterocycles. The lowest BCUT2D eigenvalue weighted by molar-refractivity contribution is 0.348. The zero-order chi connectivity index (χ0) is 16.1. The van der Waals surface area contributed by atoms with Crippen LogP contribution in [-0.2, 0) is 5.54 Å². The van der Waals surface area contributed by atoms with Crippen molar-refractivity contribution in [3.05, 3.63) is 59.7 Å². The van der Waals surface area contributed by atoms with Crippen molar-refractivity contribution in [1.82, 2.24) is 10.1 Å². The summed E-state index contributed by atoms with van der Waals surface area (Å²) in [4.78, 5) is 4.66. The van der Waals surface area contributed by atoms with Crippen molar-refractivity contribution in [2.45, 2.75) is 49.5 Å². The number of fused-ring (bicyclic) bond motifs is 1. The van der Waals surface area contributed by atoms with Crippen molar-refractivity contribution in [3.8, 4) is 0 Å². The third kappa shape index (κ3) is 2.25. The highest BCUT2D eigenvalue weighted by molar-refractivity contribution is 5.83. The maximum atomic E-state index is 6.44. The molecule has 2 atom stereocenters. The monoisotopic (exact) mass is 319 g/mol. The Morgan fingerprint density at radius 2 is 1.79 bits per heavy atom. The number of nitrogens with two attached hydrogens (primary N) is 1. The lowest BCUT2D eigenvalue weighted by Gasteiger charge is -2.17. The van der Waals surface area contributed by atoms with E-state index in [1.54, 1.807) is 0 Å². The fourth-order valence-corrected chi connectivity index (χ4v) is 4.09. The van der Waals surface area contributed by atoms with Crippen LogP contribution in [0.3, 0.4) is 0 Å².